The highest BCUT2D eigenvalue weighted by atomic mass is 17.2. The van der Waals surface area contributed by atoms with Gasteiger partial charge in [0.05, 0.1) is 6.61 Å². The molecule has 0 saturated heterocycles. The van der Waals surface area contributed by atoms with Gasteiger partial charge in [0.15, 0.2) is 0 Å². The van der Waals surface area contributed by atoms with Crippen LogP contribution in [0, 0.1) is 5.41 Å². The van der Waals surface area contributed by atoms with E-state index in [1.807, 2.05) is 6.92 Å². The molecule has 0 fully saturated rings. The van der Waals surface area contributed by atoms with Gasteiger partial charge in [0.25, 0.3) is 0 Å². The molecule has 66 valence electrons. The molecule has 0 aromatic heterocycles. The first kappa shape index (κ1) is 10.7. The summed E-state index contributed by atoms with van der Waals surface area (Å²) >= 11 is 0. The molecule has 0 rings (SSSR count). The summed E-state index contributed by atoms with van der Waals surface area (Å²) in [6, 6.07) is 0. The second kappa shape index (κ2) is 4.52. The standard InChI is InChI=1S/C9H18O2/c1-8(2)6-10-11-7-9(3,4)5/h1,6-7H2,2-5H3. The Kier molecular flexibility index (Phi) is 4.38. The highest BCUT2D eigenvalue weighted by Gasteiger charge is 2.10. The highest BCUT2D eigenvalue weighted by Crippen LogP contribution is 2.12. The van der Waals surface area contributed by atoms with Crippen molar-refractivity contribution in [2.24, 2.45) is 5.41 Å². The van der Waals surface area contributed by atoms with Crippen LogP contribution in [0.1, 0.15) is 27.7 Å². The summed E-state index contributed by atoms with van der Waals surface area (Å²) in [7, 11) is 0. The molecular weight excluding hydrogens is 140 g/mol. The van der Waals surface area contributed by atoms with Crippen LogP contribution in [-0.4, -0.2) is 13.2 Å². The first-order valence-electron chi connectivity index (χ1n) is 3.80. The smallest absolute Gasteiger partial charge is 0.103 e. The quantitative estimate of drug-likeness (QED) is 0.271. The molecule has 2 heteroatoms. The minimum absolute atomic E-state index is 0.162. The zero-order valence-corrected chi connectivity index (χ0v) is 7.94. The van der Waals surface area contributed by atoms with E-state index in [4.69, 9.17) is 9.78 Å². The van der Waals surface area contributed by atoms with Crippen LogP contribution in [0.3, 0.4) is 0 Å². The number of rotatable bonds is 4. The Morgan fingerprint density at radius 1 is 1.27 bits per heavy atom. The lowest BCUT2D eigenvalue weighted by atomic mass is 9.99. The third-order valence-corrected chi connectivity index (χ3v) is 0.881. The minimum Gasteiger partial charge on any atom is -0.236 e. The van der Waals surface area contributed by atoms with E-state index in [1.165, 1.54) is 0 Å². The fourth-order valence-electron chi connectivity index (χ4n) is 0.361. The highest BCUT2D eigenvalue weighted by molar-refractivity contribution is 4.86. The number of hydrogen-bond donors (Lipinski definition) is 0. The molecule has 0 N–H and O–H groups in total. The van der Waals surface area contributed by atoms with E-state index in [1.54, 1.807) is 0 Å². The largest absolute Gasteiger partial charge is 0.236 e. The SMILES string of the molecule is C=C(C)COOCC(C)(C)C. The van der Waals surface area contributed by atoms with Crippen molar-refractivity contribution < 1.29 is 9.78 Å². The Morgan fingerprint density at radius 3 is 2.18 bits per heavy atom. The topological polar surface area (TPSA) is 18.5 Å². The first-order valence-corrected chi connectivity index (χ1v) is 3.80. The lowest BCUT2D eigenvalue weighted by Gasteiger charge is -2.16. The molecule has 0 atom stereocenters. The van der Waals surface area contributed by atoms with Gasteiger partial charge in [0, 0.05) is 0 Å². The molecule has 0 radical (unpaired) electrons. The molecule has 0 amide bonds. The van der Waals surface area contributed by atoms with Gasteiger partial charge in [0.2, 0.25) is 0 Å². The molecule has 11 heavy (non-hydrogen) atoms. The monoisotopic (exact) mass is 158 g/mol. The van der Waals surface area contributed by atoms with Crippen molar-refractivity contribution >= 4 is 0 Å². The van der Waals surface area contributed by atoms with Gasteiger partial charge in [-0.25, -0.2) is 9.78 Å². The first-order chi connectivity index (χ1) is 4.92. The molecule has 0 saturated carbocycles. The molecule has 0 aliphatic rings. The predicted octanol–water partition coefficient (Wildman–Crippen LogP) is 2.56. The normalized spacial score (nSPS) is 11.6. The average Bonchev–Trinajstić information content (AvgIpc) is 1.78. The van der Waals surface area contributed by atoms with Gasteiger partial charge in [-0.1, -0.05) is 32.9 Å². The molecule has 0 bridgehead atoms. The molecule has 0 aromatic carbocycles. The van der Waals surface area contributed by atoms with Crippen molar-refractivity contribution in [2.45, 2.75) is 27.7 Å². The summed E-state index contributed by atoms with van der Waals surface area (Å²) < 4.78 is 0. The lowest BCUT2D eigenvalue weighted by molar-refractivity contribution is -0.300. The minimum atomic E-state index is 0.162. The Morgan fingerprint density at radius 2 is 1.82 bits per heavy atom. The maximum Gasteiger partial charge on any atom is 0.103 e. The fraction of sp³-hybridized carbons (Fsp3) is 0.778. The van der Waals surface area contributed by atoms with Crippen LogP contribution in [0.2, 0.25) is 0 Å². The summed E-state index contributed by atoms with van der Waals surface area (Å²) in [5.74, 6) is 0. The van der Waals surface area contributed by atoms with Gasteiger partial charge >= 0.3 is 0 Å². The van der Waals surface area contributed by atoms with E-state index in [0.29, 0.717) is 13.2 Å². The van der Waals surface area contributed by atoms with Gasteiger partial charge in [-0.3, -0.25) is 0 Å². The maximum absolute atomic E-state index is 4.95. The Balaban J connectivity index is 3.22. The Hall–Kier alpha value is -0.340. The maximum atomic E-state index is 4.95. The van der Waals surface area contributed by atoms with Crippen molar-refractivity contribution in [1.29, 1.82) is 0 Å². The molecule has 2 nitrogen and oxygen atoms in total. The van der Waals surface area contributed by atoms with Gasteiger partial charge in [-0.05, 0) is 12.3 Å². The molecule has 0 heterocycles. The van der Waals surface area contributed by atoms with E-state index in [0.717, 1.165) is 5.57 Å². The van der Waals surface area contributed by atoms with Crippen LogP contribution in [0.5, 0.6) is 0 Å². The summed E-state index contributed by atoms with van der Waals surface area (Å²) in [6.07, 6.45) is 0. The van der Waals surface area contributed by atoms with Crippen LogP contribution in [0.4, 0.5) is 0 Å². The third-order valence-electron chi connectivity index (χ3n) is 0.881. The van der Waals surface area contributed by atoms with Crippen LogP contribution in [0.15, 0.2) is 12.2 Å². The van der Waals surface area contributed by atoms with Gasteiger partial charge < -0.3 is 0 Å². The molecular formula is C9H18O2. The summed E-state index contributed by atoms with van der Waals surface area (Å²) in [5, 5.41) is 0. The zero-order valence-electron chi connectivity index (χ0n) is 7.94. The van der Waals surface area contributed by atoms with E-state index in [9.17, 15) is 0 Å². The summed E-state index contributed by atoms with van der Waals surface area (Å²) in [6.45, 7) is 13.0. The van der Waals surface area contributed by atoms with Crippen molar-refractivity contribution in [3.8, 4) is 0 Å². The van der Waals surface area contributed by atoms with Crippen molar-refractivity contribution in [3.05, 3.63) is 12.2 Å². The fourth-order valence-corrected chi connectivity index (χ4v) is 0.361. The van der Waals surface area contributed by atoms with Crippen LogP contribution in [-0.2, 0) is 9.78 Å². The second-order valence-electron chi connectivity index (χ2n) is 4.04. The van der Waals surface area contributed by atoms with Crippen molar-refractivity contribution in [3.63, 3.8) is 0 Å². The summed E-state index contributed by atoms with van der Waals surface area (Å²) in [5.41, 5.74) is 1.13. The van der Waals surface area contributed by atoms with Crippen molar-refractivity contribution in [2.75, 3.05) is 13.2 Å². The molecule has 0 unspecified atom stereocenters. The molecule has 0 aliphatic heterocycles. The van der Waals surface area contributed by atoms with Gasteiger partial charge in [-0.15, -0.1) is 0 Å². The summed E-state index contributed by atoms with van der Waals surface area (Å²) in [4.78, 5) is 9.82. The van der Waals surface area contributed by atoms with Crippen molar-refractivity contribution in [1.82, 2.24) is 0 Å². The van der Waals surface area contributed by atoms with E-state index < -0.39 is 0 Å². The molecule has 0 spiro atoms. The zero-order chi connectivity index (χ0) is 8.91. The molecule has 0 aliphatic carbocycles. The van der Waals surface area contributed by atoms with Crippen LogP contribution >= 0.6 is 0 Å². The molecule has 0 aromatic rings. The lowest BCUT2D eigenvalue weighted by Crippen LogP contribution is -2.15. The average molecular weight is 158 g/mol. The second-order valence-corrected chi connectivity index (χ2v) is 4.04. The van der Waals surface area contributed by atoms with E-state index in [2.05, 4.69) is 27.4 Å². The van der Waals surface area contributed by atoms with Crippen LogP contribution in [0.25, 0.3) is 0 Å². The van der Waals surface area contributed by atoms with Crippen LogP contribution < -0.4 is 0 Å². The number of hydrogen-bond acceptors (Lipinski definition) is 2. The van der Waals surface area contributed by atoms with E-state index in [-0.39, 0.29) is 5.41 Å². The predicted molar refractivity (Wildman–Crippen MR) is 46.2 cm³/mol. The third kappa shape index (κ3) is 9.66. The Labute approximate surface area is 69.1 Å². The Bertz CT molecular complexity index is 122. The van der Waals surface area contributed by atoms with Gasteiger partial charge in [-0.2, -0.15) is 0 Å². The van der Waals surface area contributed by atoms with E-state index >= 15 is 0 Å². The van der Waals surface area contributed by atoms with Gasteiger partial charge in [0.1, 0.15) is 6.61 Å².